The van der Waals surface area contributed by atoms with E-state index in [9.17, 15) is 9.59 Å². The van der Waals surface area contributed by atoms with Gasteiger partial charge in [-0.1, -0.05) is 6.07 Å². The van der Waals surface area contributed by atoms with E-state index >= 15 is 0 Å². The van der Waals surface area contributed by atoms with Crippen molar-refractivity contribution in [1.29, 1.82) is 0 Å². The van der Waals surface area contributed by atoms with Gasteiger partial charge in [-0.2, -0.15) is 0 Å². The van der Waals surface area contributed by atoms with Crippen molar-refractivity contribution < 1.29 is 19.1 Å². The second-order valence-electron chi connectivity index (χ2n) is 7.61. The highest BCUT2D eigenvalue weighted by Gasteiger charge is 2.34. The molecule has 5 rings (SSSR count). The lowest BCUT2D eigenvalue weighted by Crippen LogP contribution is -2.51. The third-order valence-corrected chi connectivity index (χ3v) is 6.37. The summed E-state index contributed by atoms with van der Waals surface area (Å²) in [5.74, 6) is 0.248. The Morgan fingerprint density at radius 1 is 1.19 bits per heavy atom. The predicted octanol–water partition coefficient (Wildman–Crippen LogP) is 2.84. The maximum absolute atomic E-state index is 12.9. The summed E-state index contributed by atoms with van der Waals surface area (Å²) >= 11 is 1.51. The number of nitrogens with zero attached hydrogens (tertiary/aromatic N) is 4. The van der Waals surface area contributed by atoms with E-state index in [0.717, 1.165) is 22.0 Å². The molecule has 4 heterocycles. The summed E-state index contributed by atoms with van der Waals surface area (Å²) in [6.07, 6.45) is 1.09. The molecular weight excluding hydrogens is 428 g/mol. The molecule has 2 aliphatic heterocycles. The molecule has 1 atom stereocenters. The number of hydrogen-bond donors (Lipinski definition) is 0. The number of carbonyl (C=O) groups is 2. The van der Waals surface area contributed by atoms with Gasteiger partial charge in [-0.25, -0.2) is 4.98 Å². The molecule has 8 nitrogen and oxygen atoms in total. The van der Waals surface area contributed by atoms with Crippen molar-refractivity contribution in [3.05, 3.63) is 48.0 Å². The molecule has 0 N–H and O–H groups in total. The number of benzene rings is 1. The quantitative estimate of drug-likeness (QED) is 0.608. The van der Waals surface area contributed by atoms with Crippen LogP contribution >= 0.6 is 11.3 Å². The smallest absolute Gasteiger partial charge is 0.268 e. The van der Waals surface area contributed by atoms with Gasteiger partial charge in [-0.05, 0) is 37.3 Å². The standard InChI is InChI=1S/C23H22N4O4S/c1-15-23(29)27(13-21(28)26-8-10-30-11-9-26)19-12-16(5-6-20(19)31-15)18-14-32-22(25-18)17-4-2-3-7-24-17/h2-7,12,14-15H,8-11,13H2,1H3. The molecule has 1 unspecified atom stereocenters. The predicted molar refractivity (Wildman–Crippen MR) is 121 cm³/mol. The molecule has 1 aromatic carbocycles. The van der Waals surface area contributed by atoms with Crippen LogP contribution in [0, 0.1) is 0 Å². The number of rotatable bonds is 4. The van der Waals surface area contributed by atoms with Gasteiger partial charge in [0, 0.05) is 30.2 Å². The first-order valence-electron chi connectivity index (χ1n) is 10.4. The highest BCUT2D eigenvalue weighted by molar-refractivity contribution is 7.13. The van der Waals surface area contributed by atoms with Gasteiger partial charge < -0.3 is 14.4 Å². The zero-order valence-corrected chi connectivity index (χ0v) is 18.4. The Morgan fingerprint density at radius 2 is 2.03 bits per heavy atom. The van der Waals surface area contributed by atoms with Crippen LogP contribution in [0.15, 0.2) is 48.0 Å². The van der Waals surface area contributed by atoms with Gasteiger partial charge in [0.25, 0.3) is 5.91 Å². The number of amides is 2. The summed E-state index contributed by atoms with van der Waals surface area (Å²) in [6.45, 7) is 3.78. The number of aromatic nitrogens is 2. The zero-order valence-electron chi connectivity index (χ0n) is 17.6. The Hall–Kier alpha value is -3.30. The van der Waals surface area contributed by atoms with E-state index < -0.39 is 6.10 Å². The summed E-state index contributed by atoms with van der Waals surface area (Å²) in [4.78, 5) is 38.1. The Kier molecular flexibility index (Phi) is 5.59. The van der Waals surface area contributed by atoms with E-state index in [-0.39, 0.29) is 18.4 Å². The van der Waals surface area contributed by atoms with Crippen LogP contribution in [0.4, 0.5) is 5.69 Å². The first-order chi connectivity index (χ1) is 15.6. The first-order valence-corrected chi connectivity index (χ1v) is 11.3. The number of morpholine rings is 1. The van der Waals surface area contributed by atoms with Crippen LogP contribution in [0.5, 0.6) is 5.75 Å². The van der Waals surface area contributed by atoms with Gasteiger partial charge in [0.05, 0.1) is 30.3 Å². The summed E-state index contributed by atoms with van der Waals surface area (Å²) in [5, 5.41) is 2.78. The second kappa shape index (κ2) is 8.68. The van der Waals surface area contributed by atoms with Gasteiger partial charge in [0.15, 0.2) is 6.10 Å². The number of hydrogen-bond acceptors (Lipinski definition) is 7. The molecule has 9 heteroatoms. The van der Waals surface area contributed by atoms with E-state index in [2.05, 4.69) is 4.98 Å². The zero-order chi connectivity index (χ0) is 22.1. The van der Waals surface area contributed by atoms with Crippen LogP contribution in [-0.2, 0) is 14.3 Å². The maximum Gasteiger partial charge on any atom is 0.268 e. The Labute approximate surface area is 189 Å². The molecule has 2 amide bonds. The number of ether oxygens (including phenoxy) is 2. The minimum Gasteiger partial charge on any atom is -0.479 e. The van der Waals surface area contributed by atoms with Crippen LogP contribution in [0.1, 0.15) is 6.92 Å². The van der Waals surface area contributed by atoms with Crippen LogP contribution in [0.2, 0.25) is 0 Å². The molecular formula is C23H22N4O4S. The molecule has 1 fully saturated rings. The topological polar surface area (TPSA) is 84.9 Å². The van der Waals surface area contributed by atoms with E-state index in [4.69, 9.17) is 14.5 Å². The summed E-state index contributed by atoms with van der Waals surface area (Å²) in [5.41, 5.74) is 3.02. The Bertz CT molecular complexity index is 1140. The lowest BCUT2D eigenvalue weighted by Gasteiger charge is -2.35. The fourth-order valence-corrected chi connectivity index (χ4v) is 4.60. The number of thiazole rings is 1. The van der Waals surface area contributed by atoms with Crippen molar-refractivity contribution in [2.75, 3.05) is 37.7 Å². The normalized spacial score (nSPS) is 18.3. The van der Waals surface area contributed by atoms with Crippen LogP contribution in [0.3, 0.4) is 0 Å². The fourth-order valence-electron chi connectivity index (χ4n) is 3.79. The van der Waals surface area contributed by atoms with Crippen molar-refractivity contribution in [2.24, 2.45) is 0 Å². The number of pyridine rings is 1. The molecule has 0 saturated carbocycles. The molecule has 0 spiro atoms. The molecule has 0 bridgehead atoms. The number of fused-ring (bicyclic) bond motifs is 1. The highest BCUT2D eigenvalue weighted by Crippen LogP contribution is 2.38. The van der Waals surface area contributed by atoms with Gasteiger partial charge in [-0.15, -0.1) is 11.3 Å². The van der Waals surface area contributed by atoms with Crippen molar-refractivity contribution in [2.45, 2.75) is 13.0 Å². The minimum absolute atomic E-state index is 0.0285. The minimum atomic E-state index is -0.652. The maximum atomic E-state index is 12.9. The van der Waals surface area contributed by atoms with Gasteiger partial charge in [0.2, 0.25) is 5.91 Å². The van der Waals surface area contributed by atoms with E-state index in [1.54, 1.807) is 18.0 Å². The van der Waals surface area contributed by atoms with E-state index in [1.165, 1.54) is 16.2 Å². The fraction of sp³-hybridized carbons (Fsp3) is 0.304. The molecule has 2 aliphatic rings. The SMILES string of the molecule is CC1Oc2ccc(-c3csc(-c4ccccn4)n3)cc2N(CC(=O)N2CCOCC2)C1=O. The number of anilines is 1. The third-order valence-electron chi connectivity index (χ3n) is 5.51. The third kappa shape index (κ3) is 3.96. The van der Waals surface area contributed by atoms with Gasteiger partial charge in [0.1, 0.15) is 17.3 Å². The average molecular weight is 451 g/mol. The van der Waals surface area contributed by atoms with Crippen molar-refractivity contribution in [3.63, 3.8) is 0 Å². The molecule has 3 aromatic rings. The average Bonchev–Trinajstić information content (AvgIpc) is 3.33. The number of carbonyl (C=O) groups excluding carboxylic acids is 2. The van der Waals surface area contributed by atoms with Crippen molar-refractivity contribution in [3.8, 4) is 27.7 Å². The van der Waals surface area contributed by atoms with Crippen LogP contribution < -0.4 is 9.64 Å². The highest BCUT2D eigenvalue weighted by atomic mass is 32.1. The molecule has 1 saturated heterocycles. The summed E-state index contributed by atoms with van der Waals surface area (Å²) < 4.78 is 11.1. The second-order valence-corrected chi connectivity index (χ2v) is 8.47. The van der Waals surface area contributed by atoms with Crippen molar-refractivity contribution in [1.82, 2.24) is 14.9 Å². The van der Waals surface area contributed by atoms with Gasteiger partial charge in [-0.3, -0.25) is 19.5 Å². The Balaban J connectivity index is 1.45. The lowest BCUT2D eigenvalue weighted by atomic mass is 10.1. The van der Waals surface area contributed by atoms with E-state index in [0.29, 0.717) is 37.7 Å². The first kappa shape index (κ1) is 20.6. The van der Waals surface area contributed by atoms with Gasteiger partial charge >= 0.3 is 0 Å². The molecule has 0 radical (unpaired) electrons. The van der Waals surface area contributed by atoms with Crippen LogP contribution in [0.25, 0.3) is 22.0 Å². The van der Waals surface area contributed by atoms with E-state index in [1.807, 2.05) is 41.8 Å². The molecule has 0 aliphatic carbocycles. The molecule has 2 aromatic heterocycles. The lowest BCUT2D eigenvalue weighted by molar-refractivity contribution is -0.136. The molecule has 164 valence electrons. The summed E-state index contributed by atoms with van der Waals surface area (Å²) in [6, 6.07) is 11.3. The summed E-state index contributed by atoms with van der Waals surface area (Å²) in [7, 11) is 0. The molecule has 32 heavy (non-hydrogen) atoms. The monoisotopic (exact) mass is 450 g/mol. The largest absolute Gasteiger partial charge is 0.479 e. The Morgan fingerprint density at radius 3 is 2.81 bits per heavy atom. The van der Waals surface area contributed by atoms with Crippen molar-refractivity contribution >= 4 is 28.8 Å². The van der Waals surface area contributed by atoms with Crippen LogP contribution in [-0.4, -0.2) is 65.6 Å².